The second kappa shape index (κ2) is 5.06. The summed E-state index contributed by atoms with van der Waals surface area (Å²) in [7, 11) is 1.89. The Morgan fingerprint density at radius 2 is 2.12 bits per heavy atom. The maximum Gasteiger partial charge on any atom is 0.0125 e. The van der Waals surface area contributed by atoms with Crippen molar-refractivity contribution in [3.8, 4) is 0 Å². The maximum absolute atomic E-state index is 3.05. The molecule has 0 spiro atoms. The zero-order valence-corrected chi connectivity index (χ0v) is 5.99. The first-order valence-corrected chi connectivity index (χ1v) is 3.20. The number of hydrazine groups is 1. The third kappa shape index (κ3) is 4.09. The van der Waals surface area contributed by atoms with Gasteiger partial charge in [-0.15, -0.1) is 0 Å². The quantitative estimate of drug-likeness (QED) is 0.530. The summed E-state index contributed by atoms with van der Waals surface area (Å²) in [5.74, 6) is 0.780. The summed E-state index contributed by atoms with van der Waals surface area (Å²) in [6, 6.07) is 0. The molecule has 1 unspecified atom stereocenters. The minimum absolute atomic E-state index is 0.780. The first kappa shape index (κ1) is 7.92. The van der Waals surface area contributed by atoms with Crippen molar-refractivity contribution in [2.75, 3.05) is 13.6 Å². The summed E-state index contributed by atoms with van der Waals surface area (Å²) in [5, 5.41) is 0. The van der Waals surface area contributed by atoms with Crippen LogP contribution in [0.5, 0.6) is 0 Å². The fourth-order valence-corrected chi connectivity index (χ4v) is 0.421. The van der Waals surface area contributed by atoms with Crippen molar-refractivity contribution in [2.45, 2.75) is 20.3 Å². The van der Waals surface area contributed by atoms with Crippen LogP contribution in [0.4, 0.5) is 0 Å². The van der Waals surface area contributed by atoms with Gasteiger partial charge in [0.25, 0.3) is 0 Å². The third-order valence-corrected chi connectivity index (χ3v) is 1.32. The van der Waals surface area contributed by atoms with Gasteiger partial charge in [0.05, 0.1) is 0 Å². The highest BCUT2D eigenvalue weighted by Gasteiger charge is 1.93. The predicted molar refractivity (Wildman–Crippen MR) is 36.5 cm³/mol. The van der Waals surface area contributed by atoms with Gasteiger partial charge in [-0.1, -0.05) is 20.3 Å². The van der Waals surface area contributed by atoms with Crippen LogP contribution in [-0.4, -0.2) is 13.6 Å². The standard InChI is InChI=1S/C6H16N2/c1-4-6(2)5-8-7-3/h6-8H,4-5H2,1-3H3. The molecular weight excluding hydrogens is 100 g/mol. The molecular formula is C6H16N2. The molecule has 50 valence electrons. The molecule has 0 aromatic rings. The highest BCUT2D eigenvalue weighted by atomic mass is 15.3. The van der Waals surface area contributed by atoms with Gasteiger partial charge in [0, 0.05) is 6.54 Å². The van der Waals surface area contributed by atoms with E-state index in [9.17, 15) is 0 Å². The number of rotatable bonds is 4. The van der Waals surface area contributed by atoms with Crippen molar-refractivity contribution < 1.29 is 0 Å². The molecule has 0 aliphatic rings. The molecule has 0 heterocycles. The van der Waals surface area contributed by atoms with Crippen molar-refractivity contribution >= 4 is 0 Å². The lowest BCUT2D eigenvalue weighted by molar-refractivity contribution is 0.466. The second-order valence-electron chi connectivity index (χ2n) is 2.14. The Morgan fingerprint density at radius 3 is 2.50 bits per heavy atom. The topological polar surface area (TPSA) is 24.1 Å². The zero-order chi connectivity index (χ0) is 6.41. The van der Waals surface area contributed by atoms with Gasteiger partial charge in [-0.3, -0.25) is 10.9 Å². The van der Waals surface area contributed by atoms with Crippen molar-refractivity contribution in [2.24, 2.45) is 5.92 Å². The smallest absolute Gasteiger partial charge is 0.0125 e. The Morgan fingerprint density at radius 1 is 1.50 bits per heavy atom. The van der Waals surface area contributed by atoms with Crippen molar-refractivity contribution in [3.05, 3.63) is 0 Å². The van der Waals surface area contributed by atoms with Crippen LogP contribution in [0.25, 0.3) is 0 Å². The summed E-state index contributed by atoms with van der Waals surface area (Å²) < 4.78 is 0. The van der Waals surface area contributed by atoms with Gasteiger partial charge in [-0.25, -0.2) is 0 Å². The first-order valence-electron chi connectivity index (χ1n) is 3.20. The molecule has 0 bridgehead atoms. The molecule has 0 aromatic heterocycles. The van der Waals surface area contributed by atoms with Crippen LogP contribution in [0.1, 0.15) is 20.3 Å². The van der Waals surface area contributed by atoms with Crippen LogP contribution in [0.3, 0.4) is 0 Å². The van der Waals surface area contributed by atoms with E-state index in [0.29, 0.717) is 0 Å². The SMILES string of the molecule is CCC(C)CNNC. The van der Waals surface area contributed by atoms with Gasteiger partial charge in [-0.05, 0) is 13.0 Å². The second-order valence-corrected chi connectivity index (χ2v) is 2.14. The molecule has 0 saturated carbocycles. The summed E-state index contributed by atoms with van der Waals surface area (Å²) in [5.41, 5.74) is 5.93. The monoisotopic (exact) mass is 116 g/mol. The largest absolute Gasteiger partial charge is 0.261 e. The van der Waals surface area contributed by atoms with E-state index in [2.05, 4.69) is 24.7 Å². The number of hydrogen-bond acceptors (Lipinski definition) is 2. The molecule has 2 N–H and O–H groups in total. The molecule has 0 aromatic carbocycles. The van der Waals surface area contributed by atoms with Crippen LogP contribution < -0.4 is 10.9 Å². The van der Waals surface area contributed by atoms with Crippen LogP contribution in [-0.2, 0) is 0 Å². The van der Waals surface area contributed by atoms with Crippen molar-refractivity contribution in [1.82, 2.24) is 10.9 Å². The highest BCUT2D eigenvalue weighted by molar-refractivity contribution is 4.49. The number of nitrogens with one attached hydrogen (secondary N) is 2. The van der Waals surface area contributed by atoms with Gasteiger partial charge in [0.2, 0.25) is 0 Å². The zero-order valence-electron chi connectivity index (χ0n) is 5.99. The van der Waals surface area contributed by atoms with Gasteiger partial charge < -0.3 is 0 Å². The fourth-order valence-electron chi connectivity index (χ4n) is 0.421. The third-order valence-electron chi connectivity index (χ3n) is 1.32. The molecule has 2 nitrogen and oxygen atoms in total. The molecule has 0 amide bonds. The molecule has 0 aliphatic carbocycles. The summed E-state index contributed by atoms with van der Waals surface area (Å²) >= 11 is 0. The lowest BCUT2D eigenvalue weighted by Gasteiger charge is -2.07. The van der Waals surface area contributed by atoms with E-state index >= 15 is 0 Å². The average molecular weight is 116 g/mol. The molecule has 0 fully saturated rings. The average Bonchev–Trinajstić information content (AvgIpc) is 1.83. The Labute approximate surface area is 51.6 Å². The van der Waals surface area contributed by atoms with E-state index in [0.717, 1.165) is 12.5 Å². The first-order chi connectivity index (χ1) is 3.81. The Balaban J connectivity index is 2.86. The molecule has 0 rings (SSSR count). The van der Waals surface area contributed by atoms with E-state index in [4.69, 9.17) is 0 Å². The molecule has 1 atom stereocenters. The molecule has 2 heteroatoms. The van der Waals surface area contributed by atoms with Gasteiger partial charge in [0.1, 0.15) is 0 Å². The van der Waals surface area contributed by atoms with Crippen molar-refractivity contribution in [1.29, 1.82) is 0 Å². The summed E-state index contributed by atoms with van der Waals surface area (Å²) in [4.78, 5) is 0. The van der Waals surface area contributed by atoms with E-state index in [1.165, 1.54) is 6.42 Å². The van der Waals surface area contributed by atoms with E-state index in [-0.39, 0.29) is 0 Å². The highest BCUT2D eigenvalue weighted by Crippen LogP contribution is 1.95. The maximum atomic E-state index is 3.05. The van der Waals surface area contributed by atoms with E-state index < -0.39 is 0 Å². The molecule has 0 radical (unpaired) electrons. The Bertz CT molecular complexity index is 45.8. The minimum atomic E-state index is 0.780. The summed E-state index contributed by atoms with van der Waals surface area (Å²) in [6.45, 7) is 5.49. The molecule has 0 saturated heterocycles. The Kier molecular flexibility index (Phi) is 5.01. The van der Waals surface area contributed by atoms with Gasteiger partial charge >= 0.3 is 0 Å². The lowest BCUT2D eigenvalue weighted by Crippen LogP contribution is -2.31. The van der Waals surface area contributed by atoms with Crippen LogP contribution >= 0.6 is 0 Å². The van der Waals surface area contributed by atoms with Crippen LogP contribution in [0, 0.1) is 5.92 Å². The summed E-state index contributed by atoms with van der Waals surface area (Å²) in [6.07, 6.45) is 1.24. The predicted octanol–water partition coefficient (Wildman–Crippen LogP) is 0.757. The lowest BCUT2D eigenvalue weighted by atomic mass is 10.1. The van der Waals surface area contributed by atoms with Crippen LogP contribution in [0.2, 0.25) is 0 Å². The fraction of sp³-hybridized carbons (Fsp3) is 1.00. The Hall–Kier alpha value is -0.0800. The minimum Gasteiger partial charge on any atom is -0.261 e. The van der Waals surface area contributed by atoms with E-state index in [1.54, 1.807) is 0 Å². The molecule has 0 aliphatic heterocycles. The van der Waals surface area contributed by atoms with Crippen molar-refractivity contribution in [3.63, 3.8) is 0 Å². The van der Waals surface area contributed by atoms with Gasteiger partial charge in [0.15, 0.2) is 0 Å². The normalized spacial score (nSPS) is 13.9. The van der Waals surface area contributed by atoms with E-state index in [1.807, 2.05) is 7.05 Å². The molecule has 8 heavy (non-hydrogen) atoms. The number of hydrogen-bond donors (Lipinski definition) is 2. The van der Waals surface area contributed by atoms with Crippen LogP contribution in [0.15, 0.2) is 0 Å². The van der Waals surface area contributed by atoms with Gasteiger partial charge in [-0.2, -0.15) is 0 Å².